The molecule has 1 saturated heterocycles. The molecule has 0 aromatic heterocycles. The van der Waals surface area contributed by atoms with Gasteiger partial charge < -0.3 is 14.3 Å². The van der Waals surface area contributed by atoms with Crippen LogP contribution in [0, 0.1) is 46.3 Å². The third-order valence-electron chi connectivity index (χ3n) is 12.8. The molecule has 5 aliphatic rings. The van der Waals surface area contributed by atoms with E-state index in [9.17, 15) is 9.59 Å². The Morgan fingerprint density at radius 1 is 0.978 bits per heavy atom. The van der Waals surface area contributed by atoms with Gasteiger partial charge in [0.15, 0.2) is 6.21 Å². The van der Waals surface area contributed by atoms with Crippen molar-refractivity contribution in [2.24, 2.45) is 51.5 Å². The number of thioether (sulfide) groups is 2. The zero-order chi connectivity index (χ0) is 31.4. The first-order valence-electron chi connectivity index (χ1n) is 17.6. The highest BCUT2D eigenvalue weighted by Crippen LogP contribution is 2.68. The highest BCUT2D eigenvalue weighted by Gasteiger charge is 2.60. The minimum atomic E-state index is -0.440. The highest BCUT2D eigenvalue weighted by atomic mass is 32.2. The fourth-order valence-electron chi connectivity index (χ4n) is 10.6. The van der Waals surface area contributed by atoms with Gasteiger partial charge in [0.25, 0.3) is 0 Å². The molecule has 0 unspecified atom stereocenters. The molecule has 45 heavy (non-hydrogen) atoms. The summed E-state index contributed by atoms with van der Waals surface area (Å²) >= 11 is 3.51. The largest absolute Gasteiger partial charge is 0.461 e. The lowest BCUT2D eigenvalue weighted by Crippen LogP contribution is -2.54. The Hall–Kier alpha value is -1.67. The number of hydrogen-bond acceptors (Lipinski definition) is 8. The van der Waals surface area contributed by atoms with Crippen molar-refractivity contribution in [1.82, 2.24) is 0 Å². The number of fused-ring (bicyclic) bond motifs is 5. The molecular formula is C37H53NO5S2. The van der Waals surface area contributed by atoms with Gasteiger partial charge in [-0.25, -0.2) is 9.59 Å². The van der Waals surface area contributed by atoms with Gasteiger partial charge in [0.05, 0.1) is 6.61 Å². The number of oxime groups is 1. The topological polar surface area (TPSA) is 74.2 Å². The summed E-state index contributed by atoms with van der Waals surface area (Å²) in [5.41, 5.74) is 1.83. The smallest absolute Gasteiger partial charge is 0.352 e. The lowest BCUT2D eigenvalue weighted by Gasteiger charge is -2.61. The number of benzene rings is 1. The number of carbonyl (C=O) groups is 2. The fourth-order valence-corrected chi connectivity index (χ4v) is 13.1. The first kappa shape index (κ1) is 33.2. The number of hydrogen-bond donors (Lipinski definition) is 0. The van der Waals surface area contributed by atoms with E-state index >= 15 is 0 Å². The van der Waals surface area contributed by atoms with E-state index < -0.39 is 5.97 Å². The van der Waals surface area contributed by atoms with Gasteiger partial charge in [0.1, 0.15) is 17.3 Å². The van der Waals surface area contributed by atoms with E-state index in [0.717, 1.165) is 72.6 Å². The van der Waals surface area contributed by atoms with Crippen LogP contribution in [0.3, 0.4) is 0 Å². The van der Waals surface area contributed by atoms with Crippen LogP contribution in [0.4, 0.5) is 0 Å². The van der Waals surface area contributed by atoms with Gasteiger partial charge >= 0.3 is 11.9 Å². The first-order valence-corrected chi connectivity index (χ1v) is 19.7. The Bertz CT molecular complexity index is 1190. The van der Waals surface area contributed by atoms with E-state index in [1.54, 1.807) is 23.5 Å². The van der Waals surface area contributed by atoms with Gasteiger partial charge in [-0.15, -0.1) is 23.5 Å². The quantitative estimate of drug-likeness (QED) is 0.102. The summed E-state index contributed by atoms with van der Waals surface area (Å²) in [4.78, 5) is 30.1. The van der Waals surface area contributed by atoms with Crippen LogP contribution in [-0.4, -0.2) is 47.0 Å². The average Bonchev–Trinajstić information content (AvgIpc) is 3.70. The molecule has 248 valence electrons. The molecule has 6 nitrogen and oxygen atoms in total. The molecule has 0 bridgehead atoms. The predicted octanol–water partition coefficient (Wildman–Crippen LogP) is 8.53. The molecule has 1 aromatic rings. The molecule has 4 aliphatic carbocycles. The maximum Gasteiger partial charge on any atom is 0.352 e. The Kier molecular flexibility index (Phi) is 10.8. The molecule has 0 N–H and O–H groups in total. The maximum absolute atomic E-state index is 12.7. The second-order valence-electron chi connectivity index (χ2n) is 15.1. The van der Waals surface area contributed by atoms with E-state index in [1.165, 1.54) is 44.9 Å². The van der Waals surface area contributed by atoms with Gasteiger partial charge in [0.2, 0.25) is 0 Å². The SMILES string of the molecule is C[C@H](CCCOC(=O)/C=N/OCc1ccccc1)[C@H]1CC[C@H]2[C@@H]3CC[C@@H]4C[C@H](OC(=O)C5SCCS5)CC[C@]4(C)[C@H]3CC[C@]12C. The summed E-state index contributed by atoms with van der Waals surface area (Å²) in [6.45, 7) is 8.43. The number of nitrogens with zero attached hydrogens (tertiary/aromatic N) is 1. The lowest BCUT2D eigenvalue weighted by molar-refractivity contribution is -0.160. The van der Waals surface area contributed by atoms with Gasteiger partial charge in [0, 0.05) is 11.5 Å². The summed E-state index contributed by atoms with van der Waals surface area (Å²) in [5, 5.41) is 3.77. The molecule has 1 aromatic carbocycles. The van der Waals surface area contributed by atoms with Gasteiger partial charge in [-0.3, -0.25) is 0 Å². The second-order valence-corrected chi connectivity index (χ2v) is 17.8. The highest BCUT2D eigenvalue weighted by molar-refractivity contribution is 8.21. The summed E-state index contributed by atoms with van der Waals surface area (Å²) in [5.74, 6) is 6.29. The van der Waals surface area contributed by atoms with E-state index in [-0.39, 0.29) is 16.7 Å². The Balaban J connectivity index is 0.950. The number of rotatable bonds is 11. The summed E-state index contributed by atoms with van der Waals surface area (Å²) in [6, 6.07) is 9.77. The van der Waals surface area contributed by atoms with E-state index in [4.69, 9.17) is 14.3 Å². The van der Waals surface area contributed by atoms with Crippen LogP contribution >= 0.6 is 23.5 Å². The van der Waals surface area contributed by atoms with Crippen molar-refractivity contribution in [1.29, 1.82) is 0 Å². The molecule has 1 heterocycles. The molecule has 4 saturated carbocycles. The van der Waals surface area contributed by atoms with E-state index in [1.807, 2.05) is 30.3 Å². The van der Waals surface area contributed by atoms with Crippen molar-refractivity contribution in [2.45, 2.75) is 109 Å². The monoisotopic (exact) mass is 655 g/mol. The number of carbonyl (C=O) groups excluding carboxylic acids is 2. The first-order chi connectivity index (χ1) is 21.8. The van der Waals surface area contributed by atoms with Gasteiger partial charge in [-0.05, 0) is 123 Å². The standard InChI is InChI=1S/C37H53NO5S2/c1-25(8-7-19-41-33(39)23-38-42-24-26-9-5-4-6-10-26)30-13-14-31-29-12-11-27-22-28(43-34(40)35-44-20-21-45-35)15-17-36(27,2)32(29)16-18-37(30,31)3/h4-6,9-10,23,25,27-32,35H,7-8,11-22,24H2,1-3H3/b38-23+/t25-,27-,28-,29+,30-,31+,32+,36+,37-/m1/s1. The zero-order valence-electron chi connectivity index (χ0n) is 27.5. The van der Waals surface area contributed by atoms with Crippen LogP contribution in [0.1, 0.15) is 97.0 Å². The van der Waals surface area contributed by atoms with Crippen LogP contribution in [0.2, 0.25) is 0 Å². The maximum atomic E-state index is 12.7. The van der Waals surface area contributed by atoms with Crippen molar-refractivity contribution in [3.63, 3.8) is 0 Å². The summed E-state index contributed by atoms with van der Waals surface area (Å²) in [7, 11) is 0. The summed E-state index contributed by atoms with van der Waals surface area (Å²) in [6.07, 6.45) is 14.6. The van der Waals surface area contributed by atoms with Crippen LogP contribution in [0.5, 0.6) is 0 Å². The van der Waals surface area contributed by atoms with Crippen molar-refractivity contribution < 1.29 is 23.9 Å². The Morgan fingerprint density at radius 2 is 1.73 bits per heavy atom. The fraction of sp³-hybridized carbons (Fsp3) is 0.757. The molecule has 0 amide bonds. The molecule has 6 rings (SSSR count). The van der Waals surface area contributed by atoms with Crippen molar-refractivity contribution in [2.75, 3.05) is 18.1 Å². The van der Waals surface area contributed by atoms with Crippen LogP contribution < -0.4 is 0 Å². The second kappa shape index (κ2) is 14.6. The van der Waals surface area contributed by atoms with Crippen LogP contribution in [-0.2, 0) is 30.5 Å². The molecule has 0 spiro atoms. The molecular weight excluding hydrogens is 603 g/mol. The van der Waals surface area contributed by atoms with Gasteiger partial charge in [-0.2, -0.15) is 0 Å². The van der Waals surface area contributed by atoms with Crippen molar-refractivity contribution in [3.8, 4) is 0 Å². The average molecular weight is 656 g/mol. The Morgan fingerprint density at radius 3 is 2.53 bits per heavy atom. The minimum absolute atomic E-state index is 0.00251. The normalized spacial score (nSPS) is 37.0. The third kappa shape index (κ3) is 7.27. The molecule has 8 heteroatoms. The minimum Gasteiger partial charge on any atom is -0.461 e. The van der Waals surface area contributed by atoms with Crippen LogP contribution in [0.15, 0.2) is 35.5 Å². The molecule has 1 aliphatic heterocycles. The molecule has 9 atom stereocenters. The van der Waals surface area contributed by atoms with Crippen LogP contribution in [0.25, 0.3) is 0 Å². The number of ether oxygens (including phenoxy) is 2. The number of esters is 2. The van der Waals surface area contributed by atoms with Crippen molar-refractivity contribution in [3.05, 3.63) is 35.9 Å². The van der Waals surface area contributed by atoms with Crippen molar-refractivity contribution >= 4 is 41.7 Å². The lowest BCUT2D eigenvalue weighted by atomic mass is 9.44. The summed E-state index contributed by atoms with van der Waals surface area (Å²) < 4.78 is 11.5. The third-order valence-corrected chi connectivity index (χ3v) is 15.8. The van der Waals surface area contributed by atoms with E-state index in [0.29, 0.717) is 35.9 Å². The zero-order valence-corrected chi connectivity index (χ0v) is 29.1. The van der Waals surface area contributed by atoms with Gasteiger partial charge in [-0.1, -0.05) is 56.3 Å². The Labute approximate surface area is 278 Å². The molecule has 0 radical (unpaired) electrons. The molecule has 5 fully saturated rings. The predicted molar refractivity (Wildman–Crippen MR) is 183 cm³/mol. The van der Waals surface area contributed by atoms with E-state index in [2.05, 4.69) is 25.9 Å².